The number of rotatable bonds is 7. The highest BCUT2D eigenvalue weighted by Gasteiger charge is 2.51. The third-order valence-electron chi connectivity index (χ3n) is 7.75. The summed E-state index contributed by atoms with van der Waals surface area (Å²) in [4.78, 5) is 45.6. The lowest BCUT2D eigenvalue weighted by Gasteiger charge is -2.30. The minimum Gasteiger partial charge on any atom is -0.370 e. The quantitative estimate of drug-likeness (QED) is 0.258. The molecule has 1 aliphatic carbocycles. The predicted molar refractivity (Wildman–Crippen MR) is 159 cm³/mol. The first-order valence-electron chi connectivity index (χ1n) is 13.8. The molecule has 0 bridgehead atoms. The molecule has 1 aromatic heterocycles. The summed E-state index contributed by atoms with van der Waals surface area (Å²) in [5.74, 6) is 0.503. The van der Waals surface area contributed by atoms with E-state index in [9.17, 15) is 14.4 Å². The van der Waals surface area contributed by atoms with E-state index in [1.807, 2.05) is 75.4 Å². The van der Waals surface area contributed by atoms with Gasteiger partial charge < -0.3 is 20.9 Å². The normalized spacial score (nSPS) is 17.0. The van der Waals surface area contributed by atoms with E-state index in [4.69, 9.17) is 5.41 Å². The standard InChI is InChI=1S/C32H36N6O3/c1-20(33)35-17-22-8-5-6-9-23(22)18-38(30(41)31(2,3)4)19-27(39)36-25-12-11-21-15-32(16-24(21)14-25)26-10-7-13-34-28(26)37-29(32)40/h5-14H,15-19H2,1-4H3,(H2,33,35)(H,36,39)(H,34,37,40). The van der Waals surface area contributed by atoms with Crippen molar-refractivity contribution < 1.29 is 14.4 Å². The summed E-state index contributed by atoms with van der Waals surface area (Å²) in [6, 6.07) is 17.3. The van der Waals surface area contributed by atoms with Gasteiger partial charge in [-0.25, -0.2) is 4.98 Å². The summed E-state index contributed by atoms with van der Waals surface area (Å²) in [7, 11) is 0. The maximum absolute atomic E-state index is 13.4. The maximum Gasteiger partial charge on any atom is 0.244 e. The first kappa shape index (κ1) is 28.0. The van der Waals surface area contributed by atoms with Crippen LogP contribution < -0.4 is 16.0 Å². The summed E-state index contributed by atoms with van der Waals surface area (Å²) in [6.45, 7) is 7.84. The molecule has 9 nitrogen and oxygen atoms in total. The summed E-state index contributed by atoms with van der Waals surface area (Å²) < 4.78 is 0. The van der Waals surface area contributed by atoms with E-state index < -0.39 is 10.8 Å². The van der Waals surface area contributed by atoms with Crippen molar-refractivity contribution >= 4 is 35.1 Å². The van der Waals surface area contributed by atoms with E-state index in [1.54, 1.807) is 18.0 Å². The average molecular weight is 553 g/mol. The highest BCUT2D eigenvalue weighted by molar-refractivity contribution is 6.06. The number of hydrogen-bond donors (Lipinski definition) is 4. The van der Waals surface area contributed by atoms with Gasteiger partial charge >= 0.3 is 0 Å². The second-order valence-electron chi connectivity index (χ2n) is 12.0. The predicted octanol–water partition coefficient (Wildman–Crippen LogP) is 4.17. The molecule has 0 saturated heterocycles. The fraction of sp³-hybridized carbons (Fsp3) is 0.344. The van der Waals surface area contributed by atoms with Gasteiger partial charge in [-0.15, -0.1) is 0 Å². The largest absolute Gasteiger partial charge is 0.370 e. The van der Waals surface area contributed by atoms with E-state index in [1.165, 1.54) is 0 Å². The number of nitrogens with one attached hydrogen (secondary N) is 4. The van der Waals surface area contributed by atoms with Gasteiger partial charge in [0.2, 0.25) is 17.7 Å². The van der Waals surface area contributed by atoms with Crippen molar-refractivity contribution in [3.8, 4) is 0 Å². The Hall–Kier alpha value is -4.53. The van der Waals surface area contributed by atoms with Crippen LogP contribution in [-0.2, 0) is 45.7 Å². The van der Waals surface area contributed by atoms with Gasteiger partial charge in [0.1, 0.15) is 12.4 Å². The van der Waals surface area contributed by atoms with Gasteiger partial charge in [-0.2, -0.15) is 0 Å². The molecular formula is C32H36N6O3. The lowest BCUT2D eigenvalue weighted by molar-refractivity contribution is -0.142. The molecule has 1 spiro atoms. The second kappa shape index (κ2) is 10.8. The molecule has 1 unspecified atom stereocenters. The van der Waals surface area contributed by atoms with Crippen molar-refractivity contribution in [1.29, 1.82) is 5.41 Å². The molecule has 1 atom stereocenters. The van der Waals surface area contributed by atoms with Crippen LogP contribution >= 0.6 is 0 Å². The zero-order valence-electron chi connectivity index (χ0n) is 23.9. The first-order valence-corrected chi connectivity index (χ1v) is 13.8. The van der Waals surface area contributed by atoms with Crippen molar-refractivity contribution in [2.24, 2.45) is 5.41 Å². The van der Waals surface area contributed by atoms with Crippen LogP contribution in [0.3, 0.4) is 0 Å². The molecule has 2 aliphatic rings. The molecule has 0 fully saturated rings. The molecule has 41 heavy (non-hydrogen) atoms. The van der Waals surface area contributed by atoms with Crippen molar-refractivity contribution in [2.75, 3.05) is 17.2 Å². The number of amidine groups is 1. The summed E-state index contributed by atoms with van der Waals surface area (Å²) >= 11 is 0. The van der Waals surface area contributed by atoms with Gasteiger partial charge in [-0.05, 0) is 60.2 Å². The van der Waals surface area contributed by atoms with Gasteiger partial charge in [0.25, 0.3) is 0 Å². The van der Waals surface area contributed by atoms with Gasteiger partial charge in [-0.1, -0.05) is 57.2 Å². The summed E-state index contributed by atoms with van der Waals surface area (Å²) in [5.41, 5.74) is 4.16. The van der Waals surface area contributed by atoms with Crippen molar-refractivity contribution in [2.45, 2.75) is 59.0 Å². The number of fused-ring (bicyclic) bond motifs is 3. The van der Waals surface area contributed by atoms with E-state index in [2.05, 4.69) is 20.9 Å². The minimum atomic E-state index is -0.678. The van der Waals surface area contributed by atoms with Gasteiger partial charge in [0.15, 0.2) is 0 Å². The monoisotopic (exact) mass is 552 g/mol. The fourth-order valence-electron chi connectivity index (χ4n) is 5.71. The van der Waals surface area contributed by atoms with E-state index in [0.717, 1.165) is 27.8 Å². The van der Waals surface area contributed by atoms with Crippen LogP contribution in [0.25, 0.3) is 0 Å². The smallest absolute Gasteiger partial charge is 0.244 e. The third kappa shape index (κ3) is 5.70. The molecule has 3 amide bonds. The van der Waals surface area contributed by atoms with Crippen LogP contribution in [0.2, 0.25) is 0 Å². The molecule has 2 aromatic carbocycles. The molecule has 3 aromatic rings. The Morgan fingerprint density at radius 2 is 1.78 bits per heavy atom. The highest BCUT2D eigenvalue weighted by Crippen LogP contribution is 2.46. The van der Waals surface area contributed by atoms with Crippen LogP contribution in [0.5, 0.6) is 0 Å². The maximum atomic E-state index is 13.4. The number of benzene rings is 2. The summed E-state index contributed by atoms with van der Waals surface area (Å²) in [6.07, 6.45) is 2.79. The fourth-order valence-corrected chi connectivity index (χ4v) is 5.71. The van der Waals surface area contributed by atoms with Crippen molar-refractivity contribution in [3.63, 3.8) is 0 Å². The van der Waals surface area contributed by atoms with Gasteiger partial charge in [0, 0.05) is 36.0 Å². The number of anilines is 2. The lowest BCUT2D eigenvalue weighted by Crippen LogP contribution is -2.43. The minimum absolute atomic E-state index is 0.0458. The molecule has 0 radical (unpaired) electrons. The number of carbonyl (C=O) groups excluding carboxylic acids is 3. The van der Waals surface area contributed by atoms with Crippen LogP contribution in [0.1, 0.15) is 55.5 Å². The molecule has 5 rings (SSSR count). The van der Waals surface area contributed by atoms with Crippen LogP contribution in [0, 0.1) is 10.8 Å². The average Bonchev–Trinajstić information content (AvgIpc) is 3.43. The topological polar surface area (TPSA) is 127 Å². The molecule has 212 valence electrons. The Morgan fingerprint density at radius 1 is 1.05 bits per heavy atom. The highest BCUT2D eigenvalue weighted by atomic mass is 16.2. The Bertz CT molecular complexity index is 1540. The van der Waals surface area contributed by atoms with E-state index in [-0.39, 0.29) is 30.8 Å². The summed E-state index contributed by atoms with van der Waals surface area (Å²) in [5, 5.41) is 16.6. The van der Waals surface area contributed by atoms with Crippen molar-refractivity contribution in [1.82, 2.24) is 15.2 Å². The van der Waals surface area contributed by atoms with Crippen LogP contribution in [0.15, 0.2) is 60.8 Å². The number of nitrogens with zero attached hydrogens (tertiary/aromatic N) is 2. The van der Waals surface area contributed by atoms with Gasteiger partial charge in [-0.3, -0.25) is 19.8 Å². The molecule has 2 heterocycles. The zero-order valence-corrected chi connectivity index (χ0v) is 23.9. The molecule has 0 saturated carbocycles. The third-order valence-corrected chi connectivity index (χ3v) is 7.75. The van der Waals surface area contributed by atoms with Crippen LogP contribution in [-0.4, -0.2) is 40.0 Å². The number of pyridine rings is 1. The Balaban J connectivity index is 1.32. The zero-order chi connectivity index (χ0) is 29.4. The molecule has 1 aliphatic heterocycles. The Morgan fingerprint density at radius 3 is 2.51 bits per heavy atom. The Kier molecular flexibility index (Phi) is 7.38. The second-order valence-corrected chi connectivity index (χ2v) is 12.0. The SMILES string of the molecule is CC(=N)NCc1ccccc1CN(CC(=O)Nc1ccc2c(c1)CC1(C2)C(=O)Nc2ncccc21)C(=O)C(C)(C)C. The lowest BCUT2D eigenvalue weighted by atomic mass is 9.79. The van der Waals surface area contributed by atoms with Crippen LogP contribution in [0.4, 0.5) is 11.5 Å². The molecule has 9 heteroatoms. The molecule has 4 N–H and O–H groups in total. The van der Waals surface area contributed by atoms with Crippen molar-refractivity contribution in [3.05, 3.63) is 88.6 Å². The number of aromatic nitrogens is 1. The van der Waals surface area contributed by atoms with Gasteiger partial charge in [0.05, 0.1) is 11.3 Å². The first-order chi connectivity index (χ1) is 19.5. The van der Waals surface area contributed by atoms with E-state index >= 15 is 0 Å². The number of hydrogen-bond acceptors (Lipinski definition) is 5. The molecular weight excluding hydrogens is 516 g/mol. The number of amides is 3. The van der Waals surface area contributed by atoms with E-state index in [0.29, 0.717) is 36.7 Å². The Labute approximate surface area is 240 Å². The number of carbonyl (C=O) groups is 3.